The standard InChI is InChI=1S/C20H35N3O2.HI/c1-5-21-20(23-15-18(9-11-24)13-16(2)3)22-10-12-25-19-8-6-7-17(4)14-19;/h6-8,14,16,18,24H,5,9-13,15H2,1-4H3,(H2,21,22,23);1H. The minimum absolute atomic E-state index is 0. The lowest BCUT2D eigenvalue weighted by molar-refractivity contribution is 0.245. The van der Waals surface area contributed by atoms with Crippen LogP contribution in [0.4, 0.5) is 0 Å². The molecule has 1 aromatic rings. The lowest BCUT2D eigenvalue weighted by atomic mass is 9.94. The molecule has 26 heavy (non-hydrogen) atoms. The van der Waals surface area contributed by atoms with E-state index in [0.29, 0.717) is 25.0 Å². The fourth-order valence-corrected chi connectivity index (χ4v) is 2.74. The number of aliphatic hydroxyl groups excluding tert-OH is 1. The molecule has 0 amide bonds. The summed E-state index contributed by atoms with van der Waals surface area (Å²) in [6.45, 7) is 11.6. The van der Waals surface area contributed by atoms with Crippen LogP contribution >= 0.6 is 24.0 Å². The van der Waals surface area contributed by atoms with Gasteiger partial charge >= 0.3 is 0 Å². The molecular weight excluding hydrogens is 441 g/mol. The normalized spacial score (nSPS) is 12.5. The number of nitrogens with one attached hydrogen (secondary N) is 2. The highest BCUT2D eigenvalue weighted by Crippen LogP contribution is 2.15. The molecule has 0 aliphatic heterocycles. The monoisotopic (exact) mass is 477 g/mol. The van der Waals surface area contributed by atoms with Gasteiger partial charge in [0.2, 0.25) is 0 Å². The Balaban J connectivity index is 0.00000625. The molecule has 1 atom stereocenters. The molecule has 6 heteroatoms. The number of halogens is 1. The fourth-order valence-electron chi connectivity index (χ4n) is 2.74. The van der Waals surface area contributed by atoms with E-state index >= 15 is 0 Å². The van der Waals surface area contributed by atoms with Gasteiger partial charge < -0.3 is 20.5 Å². The second-order valence-electron chi connectivity index (χ2n) is 6.82. The average molecular weight is 477 g/mol. The molecule has 0 fully saturated rings. The van der Waals surface area contributed by atoms with Gasteiger partial charge in [0, 0.05) is 19.7 Å². The van der Waals surface area contributed by atoms with Gasteiger partial charge in [0.1, 0.15) is 12.4 Å². The minimum atomic E-state index is 0. The zero-order valence-electron chi connectivity index (χ0n) is 16.6. The van der Waals surface area contributed by atoms with Crippen molar-refractivity contribution in [3.05, 3.63) is 29.8 Å². The van der Waals surface area contributed by atoms with Gasteiger partial charge in [-0.2, -0.15) is 0 Å². The summed E-state index contributed by atoms with van der Waals surface area (Å²) in [5.74, 6) is 2.74. The molecule has 1 aromatic carbocycles. The largest absolute Gasteiger partial charge is 0.492 e. The summed E-state index contributed by atoms with van der Waals surface area (Å²) in [4.78, 5) is 4.67. The van der Waals surface area contributed by atoms with Crippen molar-refractivity contribution in [1.82, 2.24) is 10.6 Å². The number of hydrogen-bond acceptors (Lipinski definition) is 3. The second-order valence-corrected chi connectivity index (χ2v) is 6.82. The lowest BCUT2D eigenvalue weighted by Crippen LogP contribution is -2.39. The zero-order valence-corrected chi connectivity index (χ0v) is 19.0. The predicted molar refractivity (Wildman–Crippen MR) is 121 cm³/mol. The quantitative estimate of drug-likeness (QED) is 0.197. The first kappa shape index (κ1) is 25.0. The number of ether oxygens (including phenoxy) is 1. The van der Waals surface area contributed by atoms with E-state index in [0.717, 1.165) is 37.6 Å². The smallest absolute Gasteiger partial charge is 0.191 e. The number of nitrogens with zero attached hydrogens (tertiary/aromatic N) is 1. The molecule has 0 bridgehead atoms. The SMILES string of the molecule is CCNC(=NCC(CCO)CC(C)C)NCCOc1cccc(C)c1.I. The van der Waals surface area contributed by atoms with Gasteiger partial charge in [-0.3, -0.25) is 4.99 Å². The van der Waals surface area contributed by atoms with Crippen LogP contribution in [0.2, 0.25) is 0 Å². The van der Waals surface area contributed by atoms with E-state index in [-0.39, 0.29) is 30.6 Å². The number of aliphatic hydroxyl groups is 1. The van der Waals surface area contributed by atoms with Crippen molar-refractivity contribution in [3.8, 4) is 5.75 Å². The Morgan fingerprint density at radius 1 is 1.27 bits per heavy atom. The van der Waals surface area contributed by atoms with Crippen molar-refractivity contribution in [2.45, 2.75) is 40.5 Å². The van der Waals surface area contributed by atoms with E-state index in [1.807, 2.05) is 18.2 Å². The number of guanidine groups is 1. The molecule has 0 aliphatic carbocycles. The van der Waals surface area contributed by atoms with Crippen molar-refractivity contribution in [3.63, 3.8) is 0 Å². The Labute approximate surface area is 176 Å². The first-order valence-electron chi connectivity index (χ1n) is 9.37. The van der Waals surface area contributed by atoms with Crippen LogP contribution in [0.15, 0.2) is 29.3 Å². The highest BCUT2D eigenvalue weighted by Gasteiger charge is 2.10. The van der Waals surface area contributed by atoms with Crippen LogP contribution in [0.25, 0.3) is 0 Å². The number of rotatable bonds is 11. The summed E-state index contributed by atoms with van der Waals surface area (Å²) in [7, 11) is 0. The molecule has 0 heterocycles. The van der Waals surface area contributed by atoms with Gasteiger partial charge in [0.25, 0.3) is 0 Å². The van der Waals surface area contributed by atoms with E-state index in [2.05, 4.69) is 49.4 Å². The van der Waals surface area contributed by atoms with E-state index in [9.17, 15) is 5.11 Å². The maximum atomic E-state index is 9.22. The first-order chi connectivity index (χ1) is 12.0. The number of benzene rings is 1. The van der Waals surface area contributed by atoms with E-state index in [4.69, 9.17) is 4.74 Å². The predicted octanol–water partition coefficient (Wildman–Crippen LogP) is 3.59. The van der Waals surface area contributed by atoms with Gasteiger partial charge in [-0.25, -0.2) is 0 Å². The maximum Gasteiger partial charge on any atom is 0.191 e. The minimum Gasteiger partial charge on any atom is -0.492 e. The Kier molecular flexibility index (Phi) is 14.5. The zero-order chi connectivity index (χ0) is 18.5. The van der Waals surface area contributed by atoms with E-state index in [1.165, 1.54) is 5.56 Å². The Bertz CT molecular complexity index is 510. The Hall–Kier alpha value is -1.02. The lowest BCUT2D eigenvalue weighted by Gasteiger charge is -2.17. The van der Waals surface area contributed by atoms with Gasteiger partial charge in [-0.1, -0.05) is 26.0 Å². The van der Waals surface area contributed by atoms with Gasteiger partial charge in [0.05, 0.1) is 6.54 Å². The second kappa shape index (κ2) is 15.1. The summed E-state index contributed by atoms with van der Waals surface area (Å²) < 4.78 is 5.75. The third kappa shape index (κ3) is 11.6. The van der Waals surface area contributed by atoms with Gasteiger partial charge in [-0.05, 0) is 56.2 Å². The van der Waals surface area contributed by atoms with Crippen molar-refractivity contribution in [2.24, 2.45) is 16.8 Å². The molecular formula is C20H36IN3O2. The average Bonchev–Trinajstić information content (AvgIpc) is 2.56. The first-order valence-corrected chi connectivity index (χ1v) is 9.37. The van der Waals surface area contributed by atoms with Crippen LogP contribution in [0.3, 0.4) is 0 Å². The third-order valence-electron chi connectivity index (χ3n) is 3.85. The summed E-state index contributed by atoms with van der Waals surface area (Å²) in [6.07, 6.45) is 1.89. The Morgan fingerprint density at radius 2 is 2.04 bits per heavy atom. The van der Waals surface area contributed by atoms with E-state index in [1.54, 1.807) is 0 Å². The molecule has 0 radical (unpaired) electrons. The van der Waals surface area contributed by atoms with Crippen molar-refractivity contribution in [2.75, 3.05) is 32.8 Å². The highest BCUT2D eigenvalue weighted by molar-refractivity contribution is 14.0. The molecule has 0 saturated heterocycles. The third-order valence-corrected chi connectivity index (χ3v) is 3.85. The van der Waals surface area contributed by atoms with Crippen LogP contribution < -0.4 is 15.4 Å². The van der Waals surface area contributed by atoms with Crippen molar-refractivity contribution in [1.29, 1.82) is 0 Å². The van der Waals surface area contributed by atoms with Crippen molar-refractivity contribution < 1.29 is 9.84 Å². The molecule has 0 saturated carbocycles. The molecule has 150 valence electrons. The number of hydrogen-bond donors (Lipinski definition) is 3. The van der Waals surface area contributed by atoms with Crippen LogP contribution in [-0.2, 0) is 0 Å². The molecule has 3 N–H and O–H groups in total. The summed E-state index contributed by atoms with van der Waals surface area (Å²) in [5, 5.41) is 15.8. The van der Waals surface area contributed by atoms with Crippen LogP contribution in [-0.4, -0.2) is 43.9 Å². The van der Waals surface area contributed by atoms with Gasteiger partial charge in [-0.15, -0.1) is 24.0 Å². The fraction of sp³-hybridized carbons (Fsp3) is 0.650. The topological polar surface area (TPSA) is 65.9 Å². The number of aryl methyl sites for hydroxylation is 1. The molecule has 1 unspecified atom stereocenters. The molecule has 1 rings (SSSR count). The van der Waals surface area contributed by atoms with Crippen LogP contribution in [0.5, 0.6) is 5.75 Å². The van der Waals surface area contributed by atoms with Crippen LogP contribution in [0, 0.1) is 18.8 Å². The molecule has 0 aliphatic rings. The van der Waals surface area contributed by atoms with Crippen molar-refractivity contribution >= 4 is 29.9 Å². The molecule has 0 aromatic heterocycles. The summed E-state index contributed by atoms with van der Waals surface area (Å²) in [5.41, 5.74) is 1.19. The van der Waals surface area contributed by atoms with E-state index < -0.39 is 0 Å². The maximum absolute atomic E-state index is 9.22. The molecule has 0 spiro atoms. The molecule has 5 nitrogen and oxygen atoms in total. The summed E-state index contributed by atoms with van der Waals surface area (Å²) >= 11 is 0. The highest BCUT2D eigenvalue weighted by atomic mass is 127. The Morgan fingerprint density at radius 3 is 2.65 bits per heavy atom. The van der Waals surface area contributed by atoms with Gasteiger partial charge in [0.15, 0.2) is 5.96 Å². The van der Waals surface area contributed by atoms with Crippen LogP contribution in [0.1, 0.15) is 39.2 Å². The summed E-state index contributed by atoms with van der Waals surface area (Å²) in [6, 6.07) is 8.06. The number of aliphatic imine (C=N–C) groups is 1.